The van der Waals surface area contributed by atoms with Gasteiger partial charge in [-0.3, -0.25) is 9.59 Å². The van der Waals surface area contributed by atoms with Gasteiger partial charge in [0.25, 0.3) is 0 Å². The fourth-order valence-electron chi connectivity index (χ4n) is 11.6. The molecule has 11 rings (SSSR count). The molecule has 0 spiro atoms. The Bertz CT molecular complexity index is 2640. The van der Waals surface area contributed by atoms with Gasteiger partial charge >= 0.3 is 12.2 Å². The summed E-state index contributed by atoms with van der Waals surface area (Å²) in [4.78, 5) is 72.8. The molecule has 4 heterocycles. The van der Waals surface area contributed by atoms with E-state index in [0.717, 1.165) is 59.6 Å². The Morgan fingerprint density at radius 3 is 1.92 bits per heavy atom. The predicted molar refractivity (Wildman–Crippen MR) is 247 cm³/mol. The lowest BCUT2D eigenvalue weighted by Gasteiger charge is -2.41. The maximum Gasteiger partial charge on any atom is 0.407 e. The molecule has 14 nitrogen and oxygen atoms in total. The summed E-state index contributed by atoms with van der Waals surface area (Å²) in [6.07, 6.45) is 8.93. The van der Waals surface area contributed by atoms with Crippen molar-refractivity contribution in [3.8, 4) is 33.5 Å². The third-order valence-corrected chi connectivity index (χ3v) is 15.1. The Balaban J connectivity index is 0.903. The number of fused-ring (bicyclic) bond motifs is 4. The highest BCUT2D eigenvalue weighted by atomic mass is 16.5. The summed E-state index contributed by atoms with van der Waals surface area (Å²) in [5.41, 5.74) is 11.7. The zero-order valence-electron chi connectivity index (χ0n) is 38.1. The van der Waals surface area contributed by atoms with Crippen molar-refractivity contribution in [3.05, 3.63) is 83.6 Å². The van der Waals surface area contributed by atoms with Crippen LogP contribution >= 0.6 is 0 Å². The van der Waals surface area contributed by atoms with Crippen molar-refractivity contribution in [3.63, 3.8) is 0 Å². The van der Waals surface area contributed by atoms with E-state index < -0.39 is 24.3 Å². The molecular formula is C51H60N8O6. The van der Waals surface area contributed by atoms with Gasteiger partial charge in [-0.15, -0.1) is 0 Å². The highest BCUT2D eigenvalue weighted by molar-refractivity contribution is 5.89. The highest BCUT2D eigenvalue weighted by Gasteiger charge is 2.56. The molecule has 2 saturated carbocycles. The summed E-state index contributed by atoms with van der Waals surface area (Å²) in [5.74, 6) is 2.60. The SMILES string of the molecule is COC(=O)N[C@H](C(=O)N1CCC[C@H]1c1ncc(-c2ccc(-c3ccc(-c4ccc5nc([C@@H]6CC7CC7N6C(=O)[C@@H](NC(=O)OC)C(C)C)[nH]c5c4)c4c3C3CCC4CC3)cc2)[nH]1)C(C)C. The van der Waals surface area contributed by atoms with Gasteiger partial charge in [0.05, 0.1) is 49.2 Å². The Morgan fingerprint density at radius 1 is 0.692 bits per heavy atom. The molecule has 2 aliphatic heterocycles. The summed E-state index contributed by atoms with van der Waals surface area (Å²) in [5, 5.41) is 5.51. The average Bonchev–Trinajstić information content (AvgIpc) is 3.83. The highest BCUT2D eigenvalue weighted by Crippen LogP contribution is 2.56. The molecule has 4 fully saturated rings. The van der Waals surface area contributed by atoms with Crippen LogP contribution in [0.1, 0.15) is 126 Å². The van der Waals surface area contributed by atoms with Crippen LogP contribution in [0.5, 0.6) is 0 Å². The minimum absolute atomic E-state index is 0.0812. The summed E-state index contributed by atoms with van der Waals surface area (Å²) >= 11 is 0. The number of rotatable bonds is 11. The topological polar surface area (TPSA) is 175 Å². The van der Waals surface area contributed by atoms with E-state index in [1.807, 2.05) is 43.7 Å². The molecule has 65 heavy (non-hydrogen) atoms. The molecule has 3 aromatic carbocycles. The van der Waals surface area contributed by atoms with Crippen LogP contribution in [-0.2, 0) is 19.1 Å². The van der Waals surface area contributed by atoms with Gasteiger partial charge in [-0.1, -0.05) is 70.2 Å². The van der Waals surface area contributed by atoms with Crippen molar-refractivity contribution in [2.45, 2.75) is 121 Å². The number of piperidine rings is 1. The number of nitrogens with one attached hydrogen (secondary N) is 4. The van der Waals surface area contributed by atoms with Crippen LogP contribution < -0.4 is 10.6 Å². The number of methoxy groups -OCH3 is 2. The molecule has 2 aromatic heterocycles. The van der Waals surface area contributed by atoms with Gasteiger partial charge < -0.3 is 39.9 Å². The van der Waals surface area contributed by atoms with E-state index in [0.29, 0.717) is 24.3 Å². The number of hydrogen-bond donors (Lipinski definition) is 4. The molecule has 5 aromatic rings. The molecular weight excluding hydrogens is 821 g/mol. The van der Waals surface area contributed by atoms with E-state index >= 15 is 0 Å². The summed E-state index contributed by atoms with van der Waals surface area (Å²) in [7, 11) is 2.62. The standard InChI is InChI=1S/C51H60N8O6/c1-26(2)44(56-50(62)64-5)48(60)58-21-7-8-39(58)46-52-25-38(55-46)29-11-9-28(10-12-29)34-18-19-35(43-31-15-13-30(14-16-31)42(34)43)32-17-20-36-37(22-32)54-47(53-36)41-24-33-23-40(33)59(41)49(61)45(27(3)4)57-51(63)65-6/h9-12,17-20,22,25-27,30-31,33,39-41,44-45H,7-8,13-16,21,23-24H2,1-6H3,(H,52,55)(H,53,54)(H,56,62)(H,57,63)/t30?,31?,33?,39-,40?,41-,44-,45-/m0/s1. The Hall–Kier alpha value is -6.18. The van der Waals surface area contributed by atoms with Gasteiger partial charge in [0.2, 0.25) is 11.8 Å². The van der Waals surface area contributed by atoms with Gasteiger partial charge in [0.1, 0.15) is 23.7 Å². The fraction of sp³-hybridized carbons (Fsp3) is 0.490. The van der Waals surface area contributed by atoms with Crippen LogP contribution in [0.15, 0.2) is 60.8 Å². The van der Waals surface area contributed by atoms with E-state index in [1.165, 1.54) is 73.3 Å². The first-order valence-electron chi connectivity index (χ1n) is 23.6. The van der Waals surface area contributed by atoms with Crippen molar-refractivity contribution >= 4 is 35.0 Å². The number of hydrogen-bond acceptors (Lipinski definition) is 8. The van der Waals surface area contributed by atoms with E-state index in [1.54, 1.807) is 0 Å². The van der Waals surface area contributed by atoms with Crippen LogP contribution in [-0.4, -0.2) is 92.6 Å². The lowest BCUT2D eigenvalue weighted by atomic mass is 9.63. The number of benzene rings is 3. The van der Waals surface area contributed by atoms with Crippen LogP contribution in [0.2, 0.25) is 0 Å². The van der Waals surface area contributed by atoms with E-state index in [2.05, 4.69) is 75.2 Å². The third kappa shape index (κ3) is 7.71. The fourth-order valence-corrected chi connectivity index (χ4v) is 11.6. The molecule has 14 heteroatoms. The van der Waals surface area contributed by atoms with Gasteiger partial charge in [-0.05, 0) is 132 Å². The Kier molecular flexibility index (Phi) is 11.2. The molecule has 4 amide bonds. The largest absolute Gasteiger partial charge is 0.453 e. The van der Waals surface area contributed by atoms with Gasteiger partial charge in [-0.2, -0.15) is 0 Å². The number of aromatic amines is 2. The number of aromatic nitrogens is 4. The van der Waals surface area contributed by atoms with Gasteiger partial charge in [0, 0.05) is 12.6 Å². The summed E-state index contributed by atoms with van der Waals surface area (Å²) in [6, 6.07) is 18.3. The monoisotopic (exact) mass is 880 g/mol. The molecule has 340 valence electrons. The second-order valence-corrected chi connectivity index (χ2v) is 19.6. The van der Waals surface area contributed by atoms with Crippen LogP contribution in [0, 0.1) is 17.8 Å². The molecule has 2 saturated heterocycles. The Labute approximate surface area is 379 Å². The normalized spacial score (nSPS) is 23.9. The number of H-pyrrole nitrogens is 2. The molecule has 4 aliphatic carbocycles. The first kappa shape index (κ1) is 42.8. The summed E-state index contributed by atoms with van der Waals surface area (Å²) in [6.45, 7) is 8.32. The number of carbonyl (C=O) groups excluding carboxylic acids is 4. The Morgan fingerprint density at radius 2 is 1.29 bits per heavy atom. The van der Waals surface area contributed by atoms with Crippen LogP contribution in [0.25, 0.3) is 44.5 Å². The van der Waals surface area contributed by atoms with E-state index in [-0.39, 0.29) is 41.8 Å². The molecule has 0 radical (unpaired) electrons. The predicted octanol–water partition coefficient (Wildman–Crippen LogP) is 9.13. The molecule has 4 N–H and O–H groups in total. The van der Waals surface area contributed by atoms with Crippen molar-refractivity contribution in [1.29, 1.82) is 0 Å². The van der Waals surface area contributed by atoms with Gasteiger partial charge in [-0.25, -0.2) is 19.6 Å². The lowest BCUT2D eigenvalue weighted by Crippen LogP contribution is -2.52. The molecule has 2 unspecified atom stereocenters. The van der Waals surface area contributed by atoms with Crippen molar-refractivity contribution in [2.75, 3.05) is 20.8 Å². The van der Waals surface area contributed by atoms with E-state index in [4.69, 9.17) is 19.4 Å². The smallest absolute Gasteiger partial charge is 0.407 e. The number of carbonyl (C=O) groups is 4. The number of imidazole rings is 2. The van der Waals surface area contributed by atoms with Crippen molar-refractivity contribution in [2.24, 2.45) is 17.8 Å². The number of amides is 4. The van der Waals surface area contributed by atoms with Crippen molar-refractivity contribution in [1.82, 2.24) is 40.4 Å². The quantitative estimate of drug-likeness (QED) is 0.102. The minimum Gasteiger partial charge on any atom is -0.453 e. The van der Waals surface area contributed by atoms with E-state index in [9.17, 15) is 19.2 Å². The van der Waals surface area contributed by atoms with Crippen LogP contribution in [0.3, 0.4) is 0 Å². The molecule has 2 bridgehead atoms. The van der Waals surface area contributed by atoms with Crippen LogP contribution in [0.4, 0.5) is 9.59 Å². The minimum atomic E-state index is -0.685. The average molecular weight is 881 g/mol. The van der Waals surface area contributed by atoms with Crippen molar-refractivity contribution < 1.29 is 28.7 Å². The molecule has 6 aliphatic rings. The summed E-state index contributed by atoms with van der Waals surface area (Å²) < 4.78 is 9.66. The maximum absolute atomic E-state index is 14.0. The zero-order chi connectivity index (χ0) is 45.3. The first-order chi connectivity index (χ1) is 31.4. The number of ether oxygens (including phenoxy) is 2. The maximum atomic E-state index is 14.0. The zero-order valence-corrected chi connectivity index (χ0v) is 38.1. The second kappa shape index (κ2) is 17.0. The second-order valence-electron chi connectivity index (χ2n) is 19.6. The number of alkyl carbamates (subject to hydrolysis) is 2. The number of likely N-dealkylation sites (tertiary alicyclic amines) is 2. The first-order valence-corrected chi connectivity index (χ1v) is 23.6. The molecule has 6 atom stereocenters. The van der Waals surface area contributed by atoms with Gasteiger partial charge in [0.15, 0.2) is 0 Å². The third-order valence-electron chi connectivity index (χ3n) is 15.1. The lowest BCUT2D eigenvalue weighted by molar-refractivity contribution is -0.137. The number of nitrogens with zero attached hydrogens (tertiary/aromatic N) is 4.